The summed E-state index contributed by atoms with van der Waals surface area (Å²) in [5.41, 5.74) is 1.70. The van der Waals surface area contributed by atoms with Gasteiger partial charge in [-0.1, -0.05) is 6.07 Å². The molecule has 3 rings (SSSR count). The second-order valence-corrected chi connectivity index (χ2v) is 7.29. The number of hydrazone groups is 1. The lowest BCUT2D eigenvalue weighted by molar-refractivity contribution is -0.136. The number of hydrogen-bond donors (Lipinski definition) is 0. The van der Waals surface area contributed by atoms with Gasteiger partial charge in [-0.25, -0.2) is 5.01 Å². The Hall–Kier alpha value is -2.89. The van der Waals surface area contributed by atoms with E-state index in [1.807, 2.05) is 64.1 Å². The van der Waals surface area contributed by atoms with Gasteiger partial charge in [0.2, 0.25) is 0 Å². The van der Waals surface area contributed by atoms with Crippen molar-refractivity contribution in [3.8, 4) is 11.5 Å². The van der Waals surface area contributed by atoms with Crippen LogP contribution in [0.2, 0.25) is 0 Å². The van der Waals surface area contributed by atoms with Gasteiger partial charge in [-0.15, -0.1) is 0 Å². The second kappa shape index (κ2) is 7.39. The van der Waals surface area contributed by atoms with Crippen LogP contribution in [0.4, 0.5) is 0 Å². The van der Waals surface area contributed by atoms with E-state index < -0.39 is 5.41 Å². The minimum atomic E-state index is -0.697. The van der Waals surface area contributed by atoms with Crippen molar-refractivity contribution >= 4 is 11.6 Å². The molecule has 0 spiro atoms. The molecule has 142 valence electrons. The summed E-state index contributed by atoms with van der Waals surface area (Å²) < 4.78 is 11.4. The molecule has 0 radical (unpaired) electrons. The summed E-state index contributed by atoms with van der Waals surface area (Å²) in [6, 6.07) is 11.3. The van der Waals surface area contributed by atoms with Crippen LogP contribution in [-0.4, -0.2) is 34.8 Å². The Labute approximate surface area is 159 Å². The van der Waals surface area contributed by atoms with E-state index >= 15 is 0 Å². The molecule has 1 aliphatic rings. The molecule has 6 nitrogen and oxygen atoms in total. The van der Waals surface area contributed by atoms with Crippen molar-refractivity contribution in [2.75, 3.05) is 7.11 Å². The molecule has 0 aliphatic carbocycles. The number of nitrogens with zero attached hydrogens (tertiary/aromatic N) is 3. The van der Waals surface area contributed by atoms with Gasteiger partial charge >= 0.3 is 0 Å². The SMILES string of the molecule is COc1ccc(C2=NN(C(C)C)C(=O)C2(C)C)cc1OCc1ccccn1. The number of carbonyl (C=O) groups excluding carboxylic acids is 1. The molecule has 27 heavy (non-hydrogen) atoms. The van der Waals surface area contributed by atoms with Gasteiger partial charge in [0.05, 0.1) is 23.9 Å². The lowest BCUT2D eigenvalue weighted by Gasteiger charge is -2.22. The van der Waals surface area contributed by atoms with Crippen LogP contribution in [-0.2, 0) is 11.4 Å². The number of aromatic nitrogens is 1. The lowest BCUT2D eigenvalue weighted by atomic mass is 9.83. The number of rotatable bonds is 6. The molecule has 0 unspecified atom stereocenters. The van der Waals surface area contributed by atoms with Crippen molar-refractivity contribution in [2.24, 2.45) is 10.5 Å². The van der Waals surface area contributed by atoms with Crippen LogP contribution in [0.15, 0.2) is 47.7 Å². The van der Waals surface area contributed by atoms with Gasteiger partial charge in [-0.2, -0.15) is 5.10 Å². The van der Waals surface area contributed by atoms with Crippen molar-refractivity contribution in [3.05, 3.63) is 53.9 Å². The normalized spacial score (nSPS) is 15.9. The van der Waals surface area contributed by atoms with E-state index in [0.717, 1.165) is 17.0 Å². The topological polar surface area (TPSA) is 64.0 Å². The summed E-state index contributed by atoms with van der Waals surface area (Å²) in [5, 5.41) is 6.15. The third kappa shape index (κ3) is 3.65. The predicted octanol–water partition coefficient (Wildman–Crippen LogP) is 3.65. The molecule has 0 bridgehead atoms. The van der Waals surface area contributed by atoms with Crippen molar-refractivity contribution in [1.82, 2.24) is 9.99 Å². The molecule has 0 saturated carbocycles. The van der Waals surface area contributed by atoms with E-state index in [4.69, 9.17) is 9.47 Å². The van der Waals surface area contributed by atoms with Gasteiger partial charge in [0, 0.05) is 17.8 Å². The van der Waals surface area contributed by atoms with Crippen LogP contribution in [0.25, 0.3) is 0 Å². The predicted molar refractivity (Wildman–Crippen MR) is 104 cm³/mol. The molecule has 0 saturated heterocycles. The minimum absolute atomic E-state index is 0.000674. The second-order valence-electron chi connectivity index (χ2n) is 7.29. The van der Waals surface area contributed by atoms with Gasteiger partial charge in [-0.05, 0) is 58.0 Å². The summed E-state index contributed by atoms with van der Waals surface area (Å²) in [4.78, 5) is 17.0. The third-order valence-electron chi connectivity index (χ3n) is 4.57. The summed E-state index contributed by atoms with van der Waals surface area (Å²) in [6.45, 7) is 8.03. The fourth-order valence-electron chi connectivity index (χ4n) is 3.01. The fourth-order valence-corrected chi connectivity index (χ4v) is 3.01. The highest BCUT2D eigenvalue weighted by Gasteiger charge is 2.44. The number of benzene rings is 1. The number of amides is 1. The lowest BCUT2D eigenvalue weighted by Crippen LogP contribution is -2.37. The van der Waals surface area contributed by atoms with Crippen molar-refractivity contribution < 1.29 is 14.3 Å². The van der Waals surface area contributed by atoms with Crippen LogP contribution in [0, 0.1) is 5.41 Å². The van der Waals surface area contributed by atoms with Crippen LogP contribution in [0.1, 0.15) is 39.0 Å². The number of pyridine rings is 1. The first kappa shape index (κ1) is 18.9. The average Bonchev–Trinajstić information content (AvgIpc) is 2.90. The first-order valence-electron chi connectivity index (χ1n) is 8.98. The summed E-state index contributed by atoms with van der Waals surface area (Å²) in [5.74, 6) is 1.21. The molecule has 1 aliphatic heterocycles. The van der Waals surface area contributed by atoms with Gasteiger partial charge in [0.25, 0.3) is 5.91 Å². The van der Waals surface area contributed by atoms with Crippen LogP contribution in [0.3, 0.4) is 0 Å². The zero-order valence-corrected chi connectivity index (χ0v) is 16.4. The van der Waals surface area contributed by atoms with E-state index in [1.165, 1.54) is 0 Å². The van der Waals surface area contributed by atoms with Gasteiger partial charge in [0.1, 0.15) is 6.61 Å². The Balaban J connectivity index is 1.93. The Bertz CT molecular complexity index is 860. The average molecular weight is 367 g/mol. The van der Waals surface area contributed by atoms with E-state index in [2.05, 4.69) is 10.1 Å². The zero-order valence-electron chi connectivity index (χ0n) is 16.4. The van der Waals surface area contributed by atoms with Crippen molar-refractivity contribution in [1.29, 1.82) is 0 Å². The smallest absolute Gasteiger partial charge is 0.254 e. The monoisotopic (exact) mass is 367 g/mol. The number of hydrogen-bond acceptors (Lipinski definition) is 5. The molecule has 0 atom stereocenters. The van der Waals surface area contributed by atoms with Crippen LogP contribution in [0.5, 0.6) is 11.5 Å². The Morgan fingerprint density at radius 3 is 2.52 bits per heavy atom. The molecule has 0 fully saturated rings. The molecule has 1 aromatic heterocycles. The Morgan fingerprint density at radius 2 is 1.93 bits per heavy atom. The molecule has 1 amide bonds. The van der Waals surface area contributed by atoms with Gasteiger partial charge < -0.3 is 9.47 Å². The summed E-state index contributed by atoms with van der Waals surface area (Å²) in [6.07, 6.45) is 1.73. The van der Waals surface area contributed by atoms with Crippen molar-refractivity contribution in [2.45, 2.75) is 40.3 Å². The minimum Gasteiger partial charge on any atom is -0.493 e. The first-order valence-corrected chi connectivity index (χ1v) is 8.98. The highest BCUT2D eigenvalue weighted by Crippen LogP contribution is 2.36. The highest BCUT2D eigenvalue weighted by molar-refractivity contribution is 6.19. The Kier molecular flexibility index (Phi) is 5.17. The van der Waals surface area contributed by atoms with Gasteiger partial charge in [0.15, 0.2) is 11.5 Å². The van der Waals surface area contributed by atoms with E-state index in [0.29, 0.717) is 18.1 Å². The third-order valence-corrected chi connectivity index (χ3v) is 4.57. The maximum absolute atomic E-state index is 12.7. The molecule has 2 aromatic rings. The molecule has 0 N–H and O–H groups in total. The highest BCUT2D eigenvalue weighted by atomic mass is 16.5. The standard InChI is InChI=1S/C21H25N3O3/c1-14(2)24-20(25)21(3,4)19(23-24)15-9-10-17(26-5)18(12-15)27-13-16-8-6-7-11-22-16/h6-12,14H,13H2,1-5H3. The van der Waals surface area contributed by atoms with E-state index in [1.54, 1.807) is 18.3 Å². The van der Waals surface area contributed by atoms with Crippen molar-refractivity contribution in [3.63, 3.8) is 0 Å². The van der Waals surface area contributed by atoms with Gasteiger partial charge in [-0.3, -0.25) is 9.78 Å². The number of ether oxygens (including phenoxy) is 2. The summed E-state index contributed by atoms with van der Waals surface area (Å²) in [7, 11) is 1.60. The molecule has 1 aromatic carbocycles. The number of methoxy groups -OCH3 is 1. The maximum atomic E-state index is 12.7. The number of carbonyl (C=O) groups is 1. The fraction of sp³-hybridized carbons (Fsp3) is 0.381. The van der Waals surface area contributed by atoms with Crippen LogP contribution < -0.4 is 9.47 Å². The summed E-state index contributed by atoms with van der Waals surface area (Å²) >= 11 is 0. The zero-order chi connectivity index (χ0) is 19.6. The Morgan fingerprint density at radius 1 is 1.15 bits per heavy atom. The van der Waals surface area contributed by atoms with E-state index in [-0.39, 0.29) is 11.9 Å². The quantitative estimate of drug-likeness (QED) is 0.782. The molecular weight excluding hydrogens is 342 g/mol. The molecule has 6 heteroatoms. The largest absolute Gasteiger partial charge is 0.493 e. The van der Waals surface area contributed by atoms with Crippen LogP contribution >= 0.6 is 0 Å². The van der Waals surface area contributed by atoms with E-state index in [9.17, 15) is 4.79 Å². The first-order chi connectivity index (χ1) is 12.8. The molecule has 2 heterocycles. The molecular formula is C21H25N3O3. The maximum Gasteiger partial charge on any atom is 0.254 e.